The van der Waals surface area contributed by atoms with Gasteiger partial charge < -0.3 is 10.6 Å². The molecule has 0 aliphatic carbocycles. The van der Waals surface area contributed by atoms with Gasteiger partial charge in [-0.1, -0.05) is 72.5 Å². The lowest BCUT2D eigenvalue weighted by molar-refractivity contribution is -0.121. The number of rotatable bonds is 11. The van der Waals surface area contributed by atoms with Gasteiger partial charge in [-0.25, -0.2) is 0 Å². The predicted molar refractivity (Wildman–Crippen MR) is 131 cm³/mol. The van der Waals surface area contributed by atoms with Crippen molar-refractivity contribution in [1.82, 2.24) is 15.5 Å². The first-order valence-electron chi connectivity index (χ1n) is 11.3. The van der Waals surface area contributed by atoms with Crippen LogP contribution >= 0.6 is 0 Å². The van der Waals surface area contributed by atoms with Gasteiger partial charge in [0, 0.05) is 40.0 Å². The number of hydrogen-bond acceptors (Lipinski definition) is 3. The maximum atomic E-state index is 12.3. The molecule has 0 spiro atoms. The highest BCUT2D eigenvalue weighted by molar-refractivity contribution is 6.97. The highest BCUT2D eigenvalue weighted by Crippen LogP contribution is 2.20. The van der Waals surface area contributed by atoms with Gasteiger partial charge in [-0.3, -0.25) is 9.69 Å². The molecule has 0 saturated carbocycles. The Morgan fingerprint density at radius 3 is 2.68 bits per heavy atom. The standard InChI is InChI=1S/C24H31B3N3O/c1-2-20(21-10-6-7-11-22(21)27-26)24(25)28-13-15-30-14-12-19(17-30)29-23(31)16-18-8-4-3-5-9-18/h3-11,19-20,24,28H,2,12-17H2,1H3,(H,29,31). The molecule has 1 aliphatic heterocycles. The third-order valence-corrected chi connectivity index (χ3v) is 6.10. The minimum Gasteiger partial charge on any atom is -0.352 e. The van der Waals surface area contributed by atoms with E-state index in [-0.39, 0.29) is 23.8 Å². The zero-order valence-electron chi connectivity index (χ0n) is 18.5. The fourth-order valence-electron chi connectivity index (χ4n) is 4.41. The zero-order chi connectivity index (χ0) is 22.1. The van der Waals surface area contributed by atoms with Crippen LogP contribution in [0.2, 0.25) is 0 Å². The molecule has 157 valence electrons. The number of carbonyl (C=O) groups is 1. The van der Waals surface area contributed by atoms with E-state index < -0.39 is 0 Å². The van der Waals surface area contributed by atoms with Gasteiger partial charge in [-0.2, -0.15) is 0 Å². The maximum Gasteiger partial charge on any atom is 0.224 e. The van der Waals surface area contributed by atoms with E-state index in [1.54, 1.807) is 7.17 Å². The summed E-state index contributed by atoms with van der Waals surface area (Å²) in [5.74, 6) is 0.175. The van der Waals surface area contributed by atoms with Crippen molar-refractivity contribution in [2.45, 2.75) is 44.1 Å². The summed E-state index contributed by atoms with van der Waals surface area (Å²) in [5.41, 5.74) is 3.28. The zero-order valence-corrected chi connectivity index (χ0v) is 18.5. The van der Waals surface area contributed by atoms with Crippen molar-refractivity contribution < 1.29 is 4.79 Å². The number of hydrogen-bond donors (Lipinski definition) is 2. The van der Waals surface area contributed by atoms with E-state index >= 15 is 0 Å². The molecule has 1 saturated heterocycles. The Labute approximate surface area is 190 Å². The van der Waals surface area contributed by atoms with Crippen molar-refractivity contribution in [1.29, 1.82) is 0 Å². The molecule has 1 heterocycles. The Morgan fingerprint density at radius 2 is 1.94 bits per heavy atom. The summed E-state index contributed by atoms with van der Waals surface area (Å²) in [6.45, 7) is 5.77. The van der Waals surface area contributed by atoms with Gasteiger partial charge in [-0.15, -0.1) is 0 Å². The van der Waals surface area contributed by atoms with Crippen LogP contribution in [0.3, 0.4) is 0 Å². The fraction of sp³-hybridized carbons (Fsp3) is 0.458. The smallest absolute Gasteiger partial charge is 0.224 e. The van der Waals surface area contributed by atoms with E-state index in [0.717, 1.165) is 50.0 Å². The second kappa shape index (κ2) is 12.2. The molecule has 1 aliphatic rings. The van der Waals surface area contributed by atoms with Gasteiger partial charge in [0.2, 0.25) is 5.91 Å². The third-order valence-electron chi connectivity index (χ3n) is 6.10. The highest BCUT2D eigenvalue weighted by Gasteiger charge is 2.24. The number of benzene rings is 2. The van der Waals surface area contributed by atoms with Gasteiger partial charge in [0.25, 0.3) is 0 Å². The Kier molecular flexibility index (Phi) is 9.29. The minimum atomic E-state index is -0.130. The van der Waals surface area contributed by atoms with Crippen LogP contribution in [0.1, 0.15) is 36.8 Å². The van der Waals surface area contributed by atoms with Crippen LogP contribution in [0.5, 0.6) is 0 Å². The van der Waals surface area contributed by atoms with Crippen LogP contribution in [0, 0.1) is 0 Å². The maximum absolute atomic E-state index is 12.3. The molecule has 0 aromatic heterocycles. The summed E-state index contributed by atoms with van der Waals surface area (Å²) in [4.78, 5) is 14.7. The van der Waals surface area contributed by atoms with Crippen LogP contribution < -0.4 is 16.1 Å². The molecule has 4 nitrogen and oxygen atoms in total. The largest absolute Gasteiger partial charge is 0.352 e. The molecule has 31 heavy (non-hydrogen) atoms. The van der Waals surface area contributed by atoms with Gasteiger partial charge in [0.15, 0.2) is 0 Å². The molecule has 2 aromatic rings. The molecule has 2 aromatic carbocycles. The van der Waals surface area contributed by atoms with Crippen LogP contribution in [0.15, 0.2) is 54.6 Å². The van der Waals surface area contributed by atoms with E-state index in [4.69, 9.17) is 15.6 Å². The number of carbonyl (C=O) groups excluding carboxylic acids is 1. The van der Waals surface area contributed by atoms with E-state index in [0.29, 0.717) is 6.42 Å². The molecule has 3 atom stereocenters. The molecule has 0 bridgehead atoms. The Balaban J connectivity index is 1.40. The van der Waals surface area contributed by atoms with E-state index in [1.807, 2.05) is 48.5 Å². The van der Waals surface area contributed by atoms with Crippen molar-refractivity contribution in [2.75, 3.05) is 26.2 Å². The molecule has 3 unspecified atom stereocenters. The fourth-order valence-corrected chi connectivity index (χ4v) is 4.41. The summed E-state index contributed by atoms with van der Waals surface area (Å²) in [5, 5.41) is 6.67. The van der Waals surface area contributed by atoms with E-state index in [1.165, 1.54) is 5.56 Å². The first-order chi connectivity index (χ1) is 15.1. The molecular weight excluding hydrogens is 379 g/mol. The van der Waals surface area contributed by atoms with Crippen LogP contribution in [-0.2, 0) is 11.2 Å². The van der Waals surface area contributed by atoms with Crippen molar-refractivity contribution in [3.05, 3.63) is 65.7 Å². The summed E-state index contributed by atoms with van der Waals surface area (Å²) >= 11 is 0. The SMILES string of the molecule is [B][B]c1ccccc1C(CC)C([B])NCCN1CCC(NC(=O)Cc2ccccc2)C1. The minimum absolute atomic E-state index is 0.0966. The summed E-state index contributed by atoms with van der Waals surface area (Å²) in [6.07, 6.45) is 2.37. The monoisotopic (exact) mass is 410 g/mol. The number of nitrogens with one attached hydrogen (secondary N) is 2. The molecule has 7 heteroatoms. The summed E-state index contributed by atoms with van der Waals surface area (Å²) < 4.78 is 0. The van der Waals surface area contributed by atoms with E-state index in [2.05, 4.69) is 28.5 Å². The molecule has 3 rings (SSSR count). The van der Waals surface area contributed by atoms with Crippen molar-refractivity contribution >= 4 is 34.1 Å². The second-order valence-electron chi connectivity index (χ2n) is 8.31. The normalized spacial score (nSPS) is 18.4. The third kappa shape index (κ3) is 7.01. The first-order valence-corrected chi connectivity index (χ1v) is 11.3. The Hall–Kier alpha value is -1.98. The highest BCUT2D eigenvalue weighted by atomic mass is 16.1. The van der Waals surface area contributed by atoms with Crippen LogP contribution in [0.25, 0.3) is 0 Å². The first kappa shape index (κ1) is 23.7. The average Bonchev–Trinajstić information content (AvgIpc) is 3.22. The topological polar surface area (TPSA) is 44.4 Å². The molecule has 2 N–H and O–H groups in total. The summed E-state index contributed by atoms with van der Waals surface area (Å²) in [7, 11) is 13.9. The van der Waals surface area contributed by atoms with Crippen molar-refractivity contribution in [3.63, 3.8) is 0 Å². The number of amides is 1. The van der Waals surface area contributed by atoms with Gasteiger partial charge in [-0.05, 0) is 30.3 Å². The van der Waals surface area contributed by atoms with Gasteiger partial charge in [0.1, 0.15) is 0 Å². The molecular formula is C24H31B3N3O. The lowest BCUT2D eigenvalue weighted by Crippen LogP contribution is -2.42. The number of nitrogens with zero attached hydrogens (tertiary/aromatic N) is 1. The van der Waals surface area contributed by atoms with Crippen LogP contribution in [0.4, 0.5) is 0 Å². The molecule has 1 fully saturated rings. The lowest BCUT2D eigenvalue weighted by atomic mass is 9.49. The Morgan fingerprint density at radius 1 is 1.19 bits per heavy atom. The molecule has 5 radical (unpaired) electrons. The quantitative estimate of drug-likeness (QED) is 0.546. The van der Waals surface area contributed by atoms with Gasteiger partial charge >= 0.3 is 0 Å². The Bertz CT molecular complexity index is 821. The van der Waals surface area contributed by atoms with Crippen molar-refractivity contribution in [3.8, 4) is 0 Å². The number of likely N-dealkylation sites (tertiary alicyclic amines) is 1. The lowest BCUT2D eigenvalue weighted by Gasteiger charge is -2.28. The average molecular weight is 410 g/mol. The predicted octanol–water partition coefficient (Wildman–Crippen LogP) is 1.11. The second-order valence-corrected chi connectivity index (χ2v) is 8.31. The van der Waals surface area contributed by atoms with Gasteiger partial charge in [0.05, 0.1) is 21.4 Å². The molecule has 1 amide bonds. The van der Waals surface area contributed by atoms with Crippen molar-refractivity contribution in [2.24, 2.45) is 0 Å². The van der Waals surface area contributed by atoms with Crippen LogP contribution in [-0.4, -0.2) is 71.7 Å². The van der Waals surface area contributed by atoms with E-state index in [9.17, 15) is 4.79 Å². The summed E-state index contributed by atoms with van der Waals surface area (Å²) in [6, 6.07) is 18.3.